The summed E-state index contributed by atoms with van der Waals surface area (Å²) in [5.74, 6) is 1.61. The second-order valence-electron chi connectivity index (χ2n) is 7.37. The molecule has 1 unspecified atom stereocenters. The largest absolute Gasteiger partial charge is 0.496 e. The van der Waals surface area contributed by atoms with E-state index in [2.05, 4.69) is 40.5 Å². The first-order valence-electron chi connectivity index (χ1n) is 9.85. The van der Waals surface area contributed by atoms with E-state index in [-0.39, 0.29) is 11.9 Å². The van der Waals surface area contributed by atoms with E-state index in [1.807, 2.05) is 31.2 Å². The minimum Gasteiger partial charge on any atom is -0.496 e. The fraction of sp³-hybridized carbons (Fsp3) is 0.435. The first kappa shape index (κ1) is 19.4. The molecule has 1 N–H and O–H groups in total. The number of piperidine rings is 1. The van der Waals surface area contributed by atoms with Crippen molar-refractivity contribution in [1.29, 1.82) is 0 Å². The first-order chi connectivity index (χ1) is 13.2. The van der Waals surface area contributed by atoms with Crippen molar-refractivity contribution < 1.29 is 9.53 Å². The third-order valence-corrected chi connectivity index (χ3v) is 5.59. The monoisotopic (exact) mass is 366 g/mol. The van der Waals surface area contributed by atoms with Gasteiger partial charge in [-0.3, -0.25) is 9.69 Å². The van der Waals surface area contributed by atoms with Crippen molar-refractivity contribution in [3.05, 3.63) is 65.7 Å². The van der Waals surface area contributed by atoms with Crippen molar-refractivity contribution in [2.24, 2.45) is 5.92 Å². The molecular weight excluding hydrogens is 336 g/mol. The second kappa shape index (κ2) is 9.56. The van der Waals surface area contributed by atoms with Gasteiger partial charge in [0, 0.05) is 12.1 Å². The Labute approximate surface area is 162 Å². The maximum atomic E-state index is 12.6. The summed E-state index contributed by atoms with van der Waals surface area (Å²) in [5.41, 5.74) is 2.42. The number of benzene rings is 2. The van der Waals surface area contributed by atoms with Crippen LogP contribution in [0.1, 0.15) is 30.9 Å². The number of hydrogen-bond acceptors (Lipinski definition) is 3. The predicted octanol–water partition coefficient (Wildman–Crippen LogP) is 3.65. The number of carbonyl (C=O) groups is 1. The molecule has 1 atom stereocenters. The van der Waals surface area contributed by atoms with Crippen LogP contribution in [0.3, 0.4) is 0 Å². The van der Waals surface area contributed by atoms with E-state index in [9.17, 15) is 4.79 Å². The number of para-hydroxylation sites is 1. The highest BCUT2D eigenvalue weighted by Crippen LogP contribution is 2.23. The van der Waals surface area contributed by atoms with Crippen LogP contribution in [0.15, 0.2) is 54.6 Å². The maximum Gasteiger partial charge on any atom is 0.237 e. The van der Waals surface area contributed by atoms with Crippen LogP contribution >= 0.6 is 0 Å². The molecule has 1 heterocycles. The van der Waals surface area contributed by atoms with Gasteiger partial charge in [0.1, 0.15) is 5.75 Å². The van der Waals surface area contributed by atoms with Crippen LogP contribution in [0, 0.1) is 5.92 Å². The Bertz CT molecular complexity index is 724. The van der Waals surface area contributed by atoms with Crippen molar-refractivity contribution in [3.8, 4) is 5.75 Å². The number of ether oxygens (including phenoxy) is 1. The van der Waals surface area contributed by atoms with E-state index in [1.54, 1.807) is 7.11 Å². The van der Waals surface area contributed by atoms with Crippen LogP contribution < -0.4 is 10.1 Å². The van der Waals surface area contributed by atoms with Crippen molar-refractivity contribution in [1.82, 2.24) is 10.2 Å². The zero-order chi connectivity index (χ0) is 19.1. The van der Waals surface area contributed by atoms with E-state index >= 15 is 0 Å². The fourth-order valence-electron chi connectivity index (χ4n) is 3.84. The van der Waals surface area contributed by atoms with Crippen LogP contribution in [0.2, 0.25) is 0 Å². The Morgan fingerprint density at radius 3 is 2.48 bits per heavy atom. The highest BCUT2D eigenvalue weighted by Gasteiger charge is 2.26. The lowest BCUT2D eigenvalue weighted by Gasteiger charge is -2.35. The SMILES string of the molecule is COc1ccccc1CNC(=O)C(C)N1CCC(Cc2ccccc2)CC1. The quantitative estimate of drug-likeness (QED) is 0.813. The number of nitrogens with zero attached hydrogens (tertiary/aromatic N) is 1. The van der Waals surface area contributed by atoms with Gasteiger partial charge in [-0.15, -0.1) is 0 Å². The summed E-state index contributed by atoms with van der Waals surface area (Å²) in [6.07, 6.45) is 3.45. The van der Waals surface area contributed by atoms with Crippen molar-refractivity contribution in [3.63, 3.8) is 0 Å². The zero-order valence-electron chi connectivity index (χ0n) is 16.4. The van der Waals surface area contributed by atoms with Gasteiger partial charge >= 0.3 is 0 Å². The Hall–Kier alpha value is -2.33. The van der Waals surface area contributed by atoms with Gasteiger partial charge in [0.2, 0.25) is 5.91 Å². The van der Waals surface area contributed by atoms with Gasteiger partial charge in [-0.2, -0.15) is 0 Å². The van der Waals surface area contributed by atoms with Gasteiger partial charge in [0.05, 0.1) is 13.2 Å². The number of nitrogens with one attached hydrogen (secondary N) is 1. The second-order valence-corrected chi connectivity index (χ2v) is 7.37. The Kier molecular flexibility index (Phi) is 6.88. The topological polar surface area (TPSA) is 41.6 Å². The summed E-state index contributed by atoms with van der Waals surface area (Å²) in [7, 11) is 1.66. The summed E-state index contributed by atoms with van der Waals surface area (Å²) < 4.78 is 5.35. The minimum absolute atomic E-state index is 0.0856. The van der Waals surface area contributed by atoms with Crippen molar-refractivity contribution in [2.75, 3.05) is 20.2 Å². The summed E-state index contributed by atoms with van der Waals surface area (Å²) >= 11 is 0. The Balaban J connectivity index is 1.45. The zero-order valence-corrected chi connectivity index (χ0v) is 16.4. The molecule has 0 aliphatic carbocycles. The molecule has 1 fully saturated rings. The molecule has 0 saturated carbocycles. The first-order valence-corrected chi connectivity index (χ1v) is 9.85. The number of methoxy groups -OCH3 is 1. The molecule has 1 aliphatic heterocycles. The molecule has 0 spiro atoms. The van der Waals surface area contributed by atoms with Gasteiger partial charge in [0.15, 0.2) is 0 Å². The van der Waals surface area contributed by atoms with Crippen LogP contribution in [0.25, 0.3) is 0 Å². The average Bonchev–Trinajstić information content (AvgIpc) is 2.73. The number of rotatable bonds is 7. The van der Waals surface area contributed by atoms with Gasteiger partial charge in [-0.05, 0) is 56.8 Å². The molecule has 1 saturated heterocycles. The molecule has 2 aromatic rings. The third kappa shape index (κ3) is 5.33. The molecule has 144 valence electrons. The standard InChI is InChI=1S/C23H30N2O2/c1-18(23(26)24-17-21-10-6-7-11-22(21)27-2)25-14-12-20(13-15-25)16-19-8-4-3-5-9-19/h3-11,18,20H,12-17H2,1-2H3,(H,24,26). The van der Waals surface area contributed by atoms with E-state index in [0.717, 1.165) is 43.7 Å². The number of hydrogen-bond donors (Lipinski definition) is 1. The van der Waals surface area contributed by atoms with Crippen molar-refractivity contribution in [2.45, 2.75) is 38.8 Å². The van der Waals surface area contributed by atoms with Crippen LogP contribution in [0.5, 0.6) is 5.75 Å². The fourth-order valence-corrected chi connectivity index (χ4v) is 3.84. The number of likely N-dealkylation sites (tertiary alicyclic amines) is 1. The lowest BCUT2D eigenvalue weighted by molar-refractivity contribution is -0.126. The van der Waals surface area contributed by atoms with Gasteiger partial charge in [-0.1, -0.05) is 48.5 Å². The summed E-state index contributed by atoms with van der Waals surface area (Å²) in [6.45, 7) is 4.48. The van der Waals surface area contributed by atoms with Gasteiger partial charge < -0.3 is 10.1 Å². The van der Waals surface area contributed by atoms with Gasteiger partial charge in [-0.25, -0.2) is 0 Å². The molecule has 0 aromatic heterocycles. The van der Waals surface area contributed by atoms with E-state index in [0.29, 0.717) is 12.5 Å². The molecule has 1 aliphatic rings. The minimum atomic E-state index is -0.0996. The molecule has 27 heavy (non-hydrogen) atoms. The molecule has 2 aromatic carbocycles. The van der Waals surface area contributed by atoms with E-state index < -0.39 is 0 Å². The highest BCUT2D eigenvalue weighted by molar-refractivity contribution is 5.81. The van der Waals surface area contributed by atoms with E-state index in [1.165, 1.54) is 5.56 Å². The van der Waals surface area contributed by atoms with Crippen molar-refractivity contribution >= 4 is 5.91 Å². The summed E-state index contributed by atoms with van der Waals surface area (Å²) in [6, 6.07) is 18.4. The maximum absolute atomic E-state index is 12.6. The Morgan fingerprint density at radius 2 is 1.78 bits per heavy atom. The van der Waals surface area contributed by atoms with Crippen LogP contribution in [0.4, 0.5) is 0 Å². The lowest BCUT2D eigenvalue weighted by Crippen LogP contribution is -2.48. The molecule has 4 nitrogen and oxygen atoms in total. The molecular formula is C23H30N2O2. The van der Waals surface area contributed by atoms with Gasteiger partial charge in [0.25, 0.3) is 0 Å². The predicted molar refractivity (Wildman–Crippen MR) is 109 cm³/mol. The average molecular weight is 367 g/mol. The normalized spacial score (nSPS) is 16.7. The molecule has 4 heteroatoms. The smallest absolute Gasteiger partial charge is 0.237 e. The molecule has 0 radical (unpaired) electrons. The number of amides is 1. The molecule has 3 rings (SSSR count). The lowest BCUT2D eigenvalue weighted by atomic mass is 9.89. The highest BCUT2D eigenvalue weighted by atomic mass is 16.5. The van der Waals surface area contributed by atoms with Crippen LogP contribution in [-0.4, -0.2) is 37.0 Å². The third-order valence-electron chi connectivity index (χ3n) is 5.59. The molecule has 1 amide bonds. The summed E-state index contributed by atoms with van der Waals surface area (Å²) in [5, 5.41) is 3.06. The van der Waals surface area contributed by atoms with Crippen LogP contribution in [-0.2, 0) is 17.8 Å². The van der Waals surface area contributed by atoms with E-state index in [4.69, 9.17) is 4.74 Å². The molecule has 0 bridgehead atoms. The Morgan fingerprint density at radius 1 is 1.11 bits per heavy atom. The number of carbonyl (C=O) groups excluding carboxylic acids is 1. The summed E-state index contributed by atoms with van der Waals surface area (Å²) in [4.78, 5) is 14.9.